The highest BCUT2D eigenvalue weighted by molar-refractivity contribution is 7.80. The average Bonchev–Trinajstić information content (AvgIpc) is 2.43. The van der Waals surface area contributed by atoms with Crippen LogP contribution in [0.3, 0.4) is 0 Å². The van der Waals surface area contributed by atoms with Gasteiger partial charge in [-0.15, -0.1) is 0 Å². The van der Waals surface area contributed by atoms with Gasteiger partial charge in [-0.2, -0.15) is 0 Å². The van der Waals surface area contributed by atoms with Gasteiger partial charge in [-0.3, -0.25) is 14.7 Å². The van der Waals surface area contributed by atoms with Gasteiger partial charge in [0.2, 0.25) is 0 Å². The van der Waals surface area contributed by atoms with Gasteiger partial charge in [0.25, 0.3) is 11.1 Å². The largest absolute Gasteiger partial charge is 0.491 e. The molecule has 0 unspecified atom stereocenters. The van der Waals surface area contributed by atoms with E-state index >= 15 is 0 Å². The Labute approximate surface area is 119 Å². The maximum absolute atomic E-state index is 11.5. The van der Waals surface area contributed by atoms with E-state index in [2.05, 4.69) is 5.10 Å². The third-order valence-electron chi connectivity index (χ3n) is 2.61. The molecule has 0 spiro atoms. The number of H-pyrrole nitrogens is 1. The topological polar surface area (TPSA) is 90.1 Å². The number of rotatable bonds is 5. The molecule has 2 rings (SSSR count). The molecule has 0 aliphatic rings. The Hall–Kier alpha value is -2.41. The van der Waals surface area contributed by atoms with Crippen molar-refractivity contribution in [3.63, 3.8) is 0 Å². The minimum atomic E-state index is -0.340. The first-order valence-corrected chi connectivity index (χ1v) is 6.30. The molecule has 2 aromatic rings. The summed E-state index contributed by atoms with van der Waals surface area (Å²) in [6, 6.07) is 9.50. The summed E-state index contributed by atoms with van der Waals surface area (Å²) in [5.74, 6) is 0.548. The van der Waals surface area contributed by atoms with Crippen molar-refractivity contribution in [3.05, 3.63) is 62.7 Å². The zero-order valence-electron chi connectivity index (χ0n) is 10.5. The molecule has 0 aliphatic heterocycles. The van der Waals surface area contributed by atoms with E-state index in [1.165, 1.54) is 16.8 Å². The molecule has 0 saturated heterocycles. The molecule has 6 nitrogen and oxygen atoms in total. The Morgan fingerprint density at radius 1 is 1.25 bits per heavy atom. The molecule has 1 heterocycles. The van der Waals surface area contributed by atoms with Crippen molar-refractivity contribution in [2.24, 2.45) is 5.73 Å². The molecule has 20 heavy (non-hydrogen) atoms. The molecule has 1 aromatic carbocycles. The second-order valence-electron chi connectivity index (χ2n) is 4.01. The van der Waals surface area contributed by atoms with E-state index in [1.54, 1.807) is 24.3 Å². The SMILES string of the molecule is NC(=S)c1ccccc1OCCn1[nH]c(=O)ccc1=O. The number of nitrogens with one attached hydrogen (secondary N) is 1. The minimum absolute atomic E-state index is 0.208. The average molecular weight is 291 g/mol. The number of para-hydroxylation sites is 1. The molecule has 104 valence electrons. The van der Waals surface area contributed by atoms with Crippen molar-refractivity contribution in [1.29, 1.82) is 0 Å². The van der Waals surface area contributed by atoms with Gasteiger partial charge in [-0.1, -0.05) is 24.4 Å². The van der Waals surface area contributed by atoms with E-state index in [-0.39, 0.29) is 29.3 Å². The van der Waals surface area contributed by atoms with E-state index in [0.717, 1.165) is 0 Å². The summed E-state index contributed by atoms with van der Waals surface area (Å²) < 4.78 is 6.73. The van der Waals surface area contributed by atoms with Gasteiger partial charge in [0.1, 0.15) is 17.3 Å². The van der Waals surface area contributed by atoms with E-state index in [1.807, 2.05) is 0 Å². The van der Waals surface area contributed by atoms with E-state index in [9.17, 15) is 9.59 Å². The Balaban J connectivity index is 2.07. The van der Waals surface area contributed by atoms with Crippen LogP contribution in [0.1, 0.15) is 5.56 Å². The number of hydrogen-bond donors (Lipinski definition) is 2. The van der Waals surface area contributed by atoms with Crippen LogP contribution in [0.25, 0.3) is 0 Å². The predicted molar refractivity (Wildman–Crippen MR) is 79.1 cm³/mol. The predicted octanol–water partition coefficient (Wildman–Crippen LogP) is 0.250. The van der Waals surface area contributed by atoms with Crippen molar-refractivity contribution in [2.45, 2.75) is 6.54 Å². The van der Waals surface area contributed by atoms with E-state index in [0.29, 0.717) is 11.3 Å². The zero-order valence-corrected chi connectivity index (χ0v) is 11.4. The molecule has 0 fully saturated rings. The lowest BCUT2D eigenvalue weighted by Crippen LogP contribution is -2.30. The normalized spacial score (nSPS) is 10.2. The Bertz CT molecular complexity index is 736. The Morgan fingerprint density at radius 3 is 2.75 bits per heavy atom. The van der Waals surface area contributed by atoms with Crippen molar-refractivity contribution in [3.8, 4) is 5.75 Å². The van der Waals surface area contributed by atoms with Gasteiger partial charge in [0.05, 0.1) is 12.1 Å². The standard InChI is InChI=1S/C13H13N3O3S/c14-13(20)9-3-1-2-4-10(9)19-8-7-16-12(18)6-5-11(17)15-16/h1-6H,7-8H2,(H2,14,20)(H,15,17). The first kappa shape index (κ1) is 14.0. The molecule has 0 atom stereocenters. The fraction of sp³-hybridized carbons (Fsp3) is 0.154. The fourth-order valence-electron chi connectivity index (χ4n) is 1.67. The summed E-state index contributed by atoms with van der Waals surface area (Å²) in [7, 11) is 0. The first-order valence-electron chi connectivity index (χ1n) is 5.90. The van der Waals surface area contributed by atoms with Crippen LogP contribution >= 0.6 is 12.2 Å². The Kier molecular flexibility index (Phi) is 4.31. The molecule has 0 bridgehead atoms. The highest BCUT2D eigenvalue weighted by Crippen LogP contribution is 2.17. The lowest BCUT2D eigenvalue weighted by Gasteiger charge is -2.11. The summed E-state index contributed by atoms with van der Waals surface area (Å²) in [6.45, 7) is 0.431. The zero-order chi connectivity index (χ0) is 14.5. The lowest BCUT2D eigenvalue weighted by atomic mass is 10.2. The third-order valence-corrected chi connectivity index (χ3v) is 2.83. The summed E-state index contributed by atoms with van der Waals surface area (Å²) in [6.07, 6.45) is 0. The summed E-state index contributed by atoms with van der Waals surface area (Å²) in [5.41, 5.74) is 5.59. The second-order valence-corrected chi connectivity index (χ2v) is 4.45. The number of nitrogens with zero attached hydrogens (tertiary/aromatic N) is 1. The van der Waals surface area contributed by atoms with Crippen LogP contribution in [0.2, 0.25) is 0 Å². The van der Waals surface area contributed by atoms with Crippen molar-refractivity contribution < 1.29 is 4.74 Å². The van der Waals surface area contributed by atoms with Crippen LogP contribution < -0.4 is 21.6 Å². The van der Waals surface area contributed by atoms with Crippen LogP contribution in [0, 0.1) is 0 Å². The van der Waals surface area contributed by atoms with Crippen LogP contribution in [-0.4, -0.2) is 21.4 Å². The first-order chi connectivity index (χ1) is 9.58. The van der Waals surface area contributed by atoms with Gasteiger partial charge >= 0.3 is 0 Å². The fourth-order valence-corrected chi connectivity index (χ4v) is 1.84. The summed E-state index contributed by atoms with van der Waals surface area (Å²) >= 11 is 4.93. The smallest absolute Gasteiger partial charge is 0.265 e. The van der Waals surface area contributed by atoms with Crippen LogP contribution in [0.15, 0.2) is 46.0 Å². The van der Waals surface area contributed by atoms with Gasteiger partial charge in [0.15, 0.2) is 0 Å². The Morgan fingerprint density at radius 2 is 2.00 bits per heavy atom. The highest BCUT2D eigenvalue weighted by Gasteiger charge is 2.05. The van der Waals surface area contributed by atoms with E-state index in [4.69, 9.17) is 22.7 Å². The van der Waals surface area contributed by atoms with Crippen LogP contribution in [0.5, 0.6) is 5.75 Å². The number of benzene rings is 1. The third kappa shape index (κ3) is 3.33. The molecule has 0 saturated carbocycles. The quantitative estimate of drug-likeness (QED) is 0.771. The van der Waals surface area contributed by atoms with E-state index < -0.39 is 0 Å². The van der Waals surface area contributed by atoms with Gasteiger partial charge in [-0.25, -0.2) is 4.68 Å². The van der Waals surface area contributed by atoms with Crippen LogP contribution in [-0.2, 0) is 6.54 Å². The van der Waals surface area contributed by atoms with Gasteiger partial charge < -0.3 is 10.5 Å². The minimum Gasteiger partial charge on any atom is -0.491 e. The number of hydrogen-bond acceptors (Lipinski definition) is 4. The van der Waals surface area contributed by atoms with Crippen molar-refractivity contribution in [1.82, 2.24) is 9.78 Å². The number of aromatic nitrogens is 2. The number of aromatic amines is 1. The van der Waals surface area contributed by atoms with Crippen molar-refractivity contribution >= 4 is 17.2 Å². The number of nitrogens with two attached hydrogens (primary N) is 1. The molecular weight excluding hydrogens is 278 g/mol. The maximum Gasteiger partial charge on any atom is 0.265 e. The van der Waals surface area contributed by atoms with Gasteiger partial charge in [-0.05, 0) is 12.1 Å². The monoisotopic (exact) mass is 291 g/mol. The van der Waals surface area contributed by atoms with Gasteiger partial charge in [0, 0.05) is 12.1 Å². The number of thiocarbonyl (C=S) groups is 1. The second kappa shape index (κ2) is 6.16. The highest BCUT2D eigenvalue weighted by atomic mass is 32.1. The summed E-state index contributed by atoms with van der Waals surface area (Å²) in [5, 5.41) is 2.42. The summed E-state index contributed by atoms with van der Waals surface area (Å²) in [4.78, 5) is 22.9. The molecule has 7 heteroatoms. The van der Waals surface area contributed by atoms with Crippen molar-refractivity contribution in [2.75, 3.05) is 6.61 Å². The molecule has 0 amide bonds. The lowest BCUT2D eigenvalue weighted by molar-refractivity contribution is 0.286. The van der Waals surface area contributed by atoms with Crippen LogP contribution in [0.4, 0.5) is 0 Å². The molecule has 0 radical (unpaired) electrons. The molecule has 3 N–H and O–H groups in total. The maximum atomic E-state index is 11.5. The molecule has 1 aromatic heterocycles. The molecule has 0 aliphatic carbocycles. The number of ether oxygens (including phenoxy) is 1. The molecular formula is C13H13N3O3S.